The van der Waals surface area contributed by atoms with E-state index in [-0.39, 0.29) is 36.6 Å². The number of fused-ring (bicyclic) bond motifs is 4. The third-order valence-electron chi connectivity index (χ3n) is 11.3. The Hall–Kier alpha value is -5.04. The largest absolute Gasteiger partial charge is 0.338 e. The van der Waals surface area contributed by atoms with E-state index in [1.165, 1.54) is 55.9 Å². The van der Waals surface area contributed by atoms with Crippen LogP contribution in [0.2, 0.25) is 0 Å². The van der Waals surface area contributed by atoms with Crippen molar-refractivity contribution in [1.82, 2.24) is 24.7 Å². The summed E-state index contributed by atoms with van der Waals surface area (Å²) in [6.07, 6.45) is 14.4. The number of pyridine rings is 2. The first-order valence-electron chi connectivity index (χ1n) is 35.3. The molecule has 2 aliphatic heterocycles. The highest BCUT2D eigenvalue weighted by atomic mass is 16.2. The highest BCUT2D eigenvalue weighted by Gasteiger charge is 2.33. The number of hydrogen-bond donors (Lipinski definition) is 0. The first-order chi connectivity index (χ1) is 41.6. The molecule has 4 heterocycles. The van der Waals surface area contributed by atoms with Gasteiger partial charge in [-0.05, 0) is 84.0 Å². The van der Waals surface area contributed by atoms with Crippen molar-refractivity contribution in [3.8, 4) is 0 Å². The lowest BCUT2D eigenvalue weighted by Gasteiger charge is -2.34. The van der Waals surface area contributed by atoms with Crippen LogP contribution >= 0.6 is 0 Å². The maximum atomic E-state index is 12.6. The fourth-order valence-electron chi connectivity index (χ4n) is 8.52. The van der Waals surface area contributed by atoms with E-state index >= 15 is 0 Å². The molecular weight excluding hydrogens is 1050 g/mol. The van der Waals surface area contributed by atoms with Crippen molar-refractivity contribution in [2.45, 2.75) is 300 Å². The summed E-state index contributed by atoms with van der Waals surface area (Å²) >= 11 is 0. The molecule has 0 spiro atoms. The highest BCUT2D eigenvalue weighted by Crippen LogP contribution is 2.42. The molecule has 0 fully saturated rings. The quantitative estimate of drug-likeness (QED) is 0.188. The van der Waals surface area contributed by atoms with Crippen LogP contribution in [0, 0.1) is 5.41 Å². The standard InChI is InChI=1S/C24H28N2O.C22H25N3O.16C2H6.CH4/c1-24(2,3)23(27)26-15-12-18(13-16-26)21-20-9-5-4-7-17(20)10-11-19-8-6-14-25-22(19)21;1-24(2)22(26)25-14-11-17(12-15-25)20-19-8-4-3-6-16(19)9-10-18-7-5-13-23-21(18)20;16*1-2;/h4-9,12,14,21H,10-11,13,15-16H2,1-3H3;3-8,11,13,20H,9-10,12,14-15H2,1-2H3;16*1-2H3;1H4. The van der Waals surface area contributed by atoms with Crippen LogP contribution in [0.15, 0.2) is 108 Å². The zero-order valence-corrected chi connectivity index (χ0v) is 64.0. The van der Waals surface area contributed by atoms with E-state index in [0.717, 1.165) is 51.6 Å². The SMILES string of the molecule is C.CC.CC.CC.CC.CC.CC.CC.CC.CC.CC.CC.CC.CC.CC.CC.CC.CC(C)(C)C(=O)N1CC=C(C2c3ccccc3CCc3cccnc32)CC1.CN(C)C(=O)N1CC=C(C2c3ccccc3CCc3cccnc32)CC1. The predicted molar refractivity (Wildman–Crippen MR) is 400 cm³/mol. The van der Waals surface area contributed by atoms with Gasteiger partial charge >= 0.3 is 6.03 Å². The number of nitrogens with zero attached hydrogens (tertiary/aromatic N) is 5. The Morgan fingerprint density at radius 3 is 0.930 bits per heavy atom. The van der Waals surface area contributed by atoms with Crippen LogP contribution in [0.5, 0.6) is 0 Å². The molecule has 4 aromatic rings. The molecule has 86 heavy (non-hydrogen) atoms. The maximum absolute atomic E-state index is 12.6. The number of amides is 3. The van der Waals surface area contributed by atoms with E-state index < -0.39 is 0 Å². The fraction of sp³-hybridized carbons (Fsp3) is 0.646. The summed E-state index contributed by atoms with van der Waals surface area (Å²) in [6, 6.07) is 26.2. The van der Waals surface area contributed by atoms with Gasteiger partial charge in [-0.2, -0.15) is 0 Å². The van der Waals surface area contributed by atoms with Gasteiger partial charge in [0.2, 0.25) is 5.91 Å². The molecular formula is C79H153N5O2. The minimum atomic E-state index is -0.325. The van der Waals surface area contributed by atoms with Crippen molar-refractivity contribution in [3.05, 3.63) is 153 Å². The molecule has 0 saturated carbocycles. The van der Waals surface area contributed by atoms with Crippen LogP contribution in [0.1, 0.15) is 319 Å². The Labute approximate surface area is 542 Å². The van der Waals surface area contributed by atoms with E-state index in [9.17, 15) is 9.59 Å². The Morgan fingerprint density at radius 1 is 0.395 bits per heavy atom. The molecule has 0 saturated heterocycles. The summed E-state index contributed by atoms with van der Waals surface area (Å²) in [5.41, 5.74) is 13.2. The molecule has 2 unspecified atom stereocenters. The van der Waals surface area contributed by atoms with Gasteiger partial charge in [0.1, 0.15) is 0 Å². The minimum absolute atomic E-state index is 0. The van der Waals surface area contributed by atoms with Gasteiger partial charge in [0.25, 0.3) is 0 Å². The van der Waals surface area contributed by atoms with Gasteiger partial charge in [-0.15, -0.1) is 0 Å². The van der Waals surface area contributed by atoms with E-state index in [2.05, 4.69) is 72.8 Å². The molecule has 7 nitrogen and oxygen atoms in total. The molecule has 506 valence electrons. The lowest BCUT2D eigenvalue weighted by molar-refractivity contribution is -0.139. The second-order valence-electron chi connectivity index (χ2n) is 16.0. The minimum Gasteiger partial charge on any atom is -0.338 e. The van der Waals surface area contributed by atoms with Gasteiger partial charge in [-0.25, -0.2) is 4.79 Å². The number of urea groups is 1. The van der Waals surface area contributed by atoms with Gasteiger partial charge in [0, 0.05) is 69.9 Å². The zero-order chi connectivity index (χ0) is 69.1. The number of benzene rings is 2. The molecule has 2 aliphatic carbocycles. The van der Waals surface area contributed by atoms with Crippen molar-refractivity contribution in [2.24, 2.45) is 5.41 Å². The Morgan fingerprint density at radius 2 is 0.663 bits per heavy atom. The summed E-state index contributed by atoms with van der Waals surface area (Å²) in [4.78, 5) is 40.0. The average Bonchev–Trinajstić information content (AvgIpc) is 2.70. The van der Waals surface area contributed by atoms with E-state index in [1.807, 2.05) is 291 Å². The number of aryl methyl sites for hydroxylation is 4. The third-order valence-corrected chi connectivity index (χ3v) is 11.3. The summed E-state index contributed by atoms with van der Waals surface area (Å²) < 4.78 is 0. The smallest absolute Gasteiger partial charge is 0.319 e. The maximum Gasteiger partial charge on any atom is 0.319 e. The van der Waals surface area contributed by atoms with Crippen molar-refractivity contribution < 1.29 is 9.59 Å². The van der Waals surface area contributed by atoms with Crippen LogP contribution in [0.25, 0.3) is 0 Å². The highest BCUT2D eigenvalue weighted by molar-refractivity contribution is 5.82. The zero-order valence-electron chi connectivity index (χ0n) is 64.0. The van der Waals surface area contributed by atoms with Crippen molar-refractivity contribution in [2.75, 3.05) is 40.3 Å². The van der Waals surface area contributed by atoms with Gasteiger partial charge < -0.3 is 14.7 Å². The molecule has 4 aliphatic rings. The first kappa shape index (κ1) is 106. The first-order valence-corrected chi connectivity index (χ1v) is 35.3. The molecule has 0 bridgehead atoms. The van der Waals surface area contributed by atoms with Crippen molar-refractivity contribution in [1.29, 1.82) is 0 Å². The number of aromatic nitrogens is 2. The lowest BCUT2D eigenvalue weighted by atomic mass is 9.82. The molecule has 2 atom stereocenters. The van der Waals surface area contributed by atoms with Gasteiger partial charge in [-0.1, -0.05) is 334 Å². The predicted octanol–water partition coefficient (Wildman–Crippen LogP) is 25.2. The lowest BCUT2D eigenvalue weighted by Crippen LogP contribution is -2.42. The van der Waals surface area contributed by atoms with E-state index in [0.29, 0.717) is 13.1 Å². The fourth-order valence-corrected chi connectivity index (χ4v) is 8.52. The van der Waals surface area contributed by atoms with E-state index in [4.69, 9.17) is 9.97 Å². The van der Waals surface area contributed by atoms with Crippen LogP contribution < -0.4 is 0 Å². The number of rotatable bonds is 2. The van der Waals surface area contributed by atoms with Crippen LogP contribution in [-0.2, 0) is 30.5 Å². The van der Waals surface area contributed by atoms with Crippen molar-refractivity contribution in [3.63, 3.8) is 0 Å². The summed E-state index contributed by atoms with van der Waals surface area (Å²) in [5.74, 6) is 0.658. The summed E-state index contributed by atoms with van der Waals surface area (Å²) in [7, 11) is 3.62. The number of hydrogen-bond acceptors (Lipinski definition) is 4. The molecule has 3 amide bonds. The number of carbonyl (C=O) groups excluding carboxylic acids is 2. The third kappa shape index (κ3) is 39.0. The molecule has 2 aromatic heterocycles. The Kier molecular flexibility index (Phi) is 95.9. The van der Waals surface area contributed by atoms with Crippen LogP contribution in [-0.4, -0.2) is 76.9 Å². The van der Waals surface area contributed by atoms with E-state index in [1.54, 1.807) is 4.90 Å². The Bertz CT molecular complexity index is 1950. The average molecular weight is 1210 g/mol. The van der Waals surface area contributed by atoms with Crippen LogP contribution in [0.4, 0.5) is 4.79 Å². The summed E-state index contributed by atoms with van der Waals surface area (Å²) in [5, 5.41) is 0. The van der Waals surface area contributed by atoms with Gasteiger partial charge in [0.15, 0.2) is 0 Å². The van der Waals surface area contributed by atoms with Gasteiger partial charge in [-0.3, -0.25) is 14.8 Å². The monoisotopic (exact) mass is 1200 g/mol. The van der Waals surface area contributed by atoms with Crippen LogP contribution in [0.3, 0.4) is 0 Å². The molecule has 8 rings (SSSR count). The molecule has 0 N–H and O–H groups in total. The molecule has 2 aromatic carbocycles. The molecule has 7 heteroatoms. The second-order valence-corrected chi connectivity index (χ2v) is 16.0. The Balaban J connectivity index is -0.0000000985. The number of carbonyl (C=O) groups is 2. The van der Waals surface area contributed by atoms with Crippen molar-refractivity contribution >= 4 is 11.9 Å². The molecule has 0 radical (unpaired) electrons. The topological polar surface area (TPSA) is 69.6 Å². The normalized spacial score (nSPS) is 13.0. The second kappa shape index (κ2) is 78.0. The summed E-state index contributed by atoms with van der Waals surface area (Å²) in [6.45, 7) is 72.9. The van der Waals surface area contributed by atoms with Gasteiger partial charge in [0.05, 0.1) is 11.4 Å².